The Kier molecular flexibility index (Phi) is 5.40. The van der Waals surface area contributed by atoms with Crippen LogP contribution in [-0.2, 0) is 9.53 Å². The second-order valence-corrected chi connectivity index (χ2v) is 15.8. The lowest BCUT2D eigenvalue weighted by Gasteiger charge is -2.73. The van der Waals surface area contributed by atoms with Gasteiger partial charge in [-0.1, -0.05) is 67.0 Å². The molecule has 0 spiro atoms. The van der Waals surface area contributed by atoms with Crippen LogP contribution in [0.3, 0.4) is 0 Å². The summed E-state index contributed by atoms with van der Waals surface area (Å²) in [4.78, 5) is 11.8. The molecule has 0 aliphatic heterocycles. The maximum atomic E-state index is 11.8. The largest absolute Gasteiger partial charge is 0.462 e. The van der Waals surface area contributed by atoms with Gasteiger partial charge in [-0.3, -0.25) is 4.79 Å². The normalized spacial score (nSPS) is 51.1. The maximum absolute atomic E-state index is 11.8. The SMILES string of the molecule is CC(=O)O[C@@H]1CC[C@@H]2C(=CC[C@H]3[C@@]2(C)CC[C@@]2(C)[C@@H]4CC(C)(C)CC[C@]4(C)CC[C@]32C)C1(C)C. The number of ether oxygens (including phenoxy) is 1. The molecule has 2 nitrogen and oxygen atoms in total. The number of hydrogen-bond acceptors (Lipinski definition) is 2. The summed E-state index contributed by atoms with van der Waals surface area (Å²) in [6.45, 7) is 22.1. The molecule has 0 heterocycles. The second-order valence-electron chi connectivity index (χ2n) is 15.8. The van der Waals surface area contributed by atoms with E-state index in [0.29, 0.717) is 33.0 Å². The van der Waals surface area contributed by atoms with Gasteiger partial charge >= 0.3 is 5.97 Å². The van der Waals surface area contributed by atoms with E-state index >= 15 is 0 Å². The van der Waals surface area contributed by atoms with E-state index in [1.807, 2.05) is 0 Å². The van der Waals surface area contributed by atoms with Crippen LogP contribution in [0.15, 0.2) is 11.6 Å². The highest BCUT2D eigenvalue weighted by Crippen LogP contribution is 2.77. The molecule has 0 aromatic carbocycles. The minimum Gasteiger partial charge on any atom is -0.462 e. The minimum absolute atomic E-state index is 0.0250. The average Bonchev–Trinajstić information content (AvgIpc) is 2.73. The molecule has 192 valence electrons. The van der Waals surface area contributed by atoms with Gasteiger partial charge in [0.15, 0.2) is 0 Å². The summed E-state index contributed by atoms with van der Waals surface area (Å²) in [5, 5.41) is 0. The first-order chi connectivity index (χ1) is 15.6. The first kappa shape index (κ1) is 24.9. The number of carbonyl (C=O) groups is 1. The molecule has 4 saturated carbocycles. The molecule has 4 fully saturated rings. The topological polar surface area (TPSA) is 26.3 Å². The van der Waals surface area contributed by atoms with Gasteiger partial charge in [0, 0.05) is 12.3 Å². The Balaban J connectivity index is 1.52. The van der Waals surface area contributed by atoms with Gasteiger partial charge < -0.3 is 4.74 Å². The van der Waals surface area contributed by atoms with Crippen molar-refractivity contribution in [1.82, 2.24) is 0 Å². The molecule has 2 heteroatoms. The average molecular weight is 469 g/mol. The Morgan fingerprint density at radius 2 is 1.44 bits per heavy atom. The molecule has 5 aliphatic carbocycles. The third kappa shape index (κ3) is 3.21. The Labute approximate surface area is 210 Å². The molecule has 0 saturated heterocycles. The molecule has 34 heavy (non-hydrogen) atoms. The van der Waals surface area contributed by atoms with Gasteiger partial charge in [0.25, 0.3) is 0 Å². The fourth-order valence-corrected chi connectivity index (χ4v) is 10.8. The van der Waals surface area contributed by atoms with E-state index < -0.39 is 0 Å². The van der Waals surface area contributed by atoms with Gasteiger partial charge in [0.2, 0.25) is 0 Å². The summed E-state index contributed by atoms with van der Waals surface area (Å²) in [6.07, 6.45) is 15.9. The van der Waals surface area contributed by atoms with E-state index in [9.17, 15) is 4.79 Å². The highest BCUT2D eigenvalue weighted by atomic mass is 16.5. The number of hydrogen-bond donors (Lipinski definition) is 0. The van der Waals surface area contributed by atoms with Crippen molar-refractivity contribution in [3.8, 4) is 0 Å². The lowest BCUT2D eigenvalue weighted by Crippen LogP contribution is -2.65. The molecule has 0 radical (unpaired) electrons. The first-order valence-electron chi connectivity index (χ1n) is 14.5. The van der Waals surface area contributed by atoms with Crippen LogP contribution in [0.5, 0.6) is 0 Å². The van der Waals surface area contributed by atoms with Crippen molar-refractivity contribution >= 4 is 5.97 Å². The van der Waals surface area contributed by atoms with Gasteiger partial charge in [-0.2, -0.15) is 0 Å². The molecule has 8 atom stereocenters. The smallest absolute Gasteiger partial charge is 0.302 e. The van der Waals surface area contributed by atoms with Crippen LogP contribution < -0.4 is 0 Å². The molecule has 0 bridgehead atoms. The zero-order chi connectivity index (χ0) is 24.9. The van der Waals surface area contributed by atoms with E-state index in [0.717, 1.165) is 18.3 Å². The van der Waals surface area contributed by atoms with E-state index in [1.54, 1.807) is 12.5 Å². The summed E-state index contributed by atoms with van der Waals surface area (Å²) in [6, 6.07) is 0. The zero-order valence-electron chi connectivity index (χ0n) is 23.8. The summed E-state index contributed by atoms with van der Waals surface area (Å²) < 4.78 is 5.86. The van der Waals surface area contributed by atoms with Crippen molar-refractivity contribution in [3.05, 3.63) is 11.6 Å². The molecular weight excluding hydrogens is 416 g/mol. The standard InChI is InChI=1S/C32H52O2/c1-21(33)34-26-13-11-23-22(28(26,4)5)10-12-24-30(23,7)17-19-32(9)25-20-27(2,3)14-15-29(25,6)16-18-31(24,32)8/h10,23-26H,11-20H2,1-9H3/t23-,24+,25-,26-,29-,30+,31-,32+/m1/s1. The number of esters is 1. The fraction of sp³-hybridized carbons (Fsp3) is 0.906. The molecule has 5 aliphatic rings. The molecule has 0 aromatic rings. The number of fused-ring (bicyclic) bond motifs is 7. The van der Waals surface area contributed by atoms with Gasteiger partial charge in [-0.25, -0.2) is 0 Å². The zero-order valence-corrected chi connectivity index (χ0v) is 23.8. The third-order valence-corrected chi connectivity index (χ3v) is 13.3. The summed E-state index contributed by atoms with van der Waals surface area (Å²) in [5.41, 5.74) is 3.81. The lowest BCUT2D eigenvalue weighted by atomic mass is 9.31. The van der Waals surface area contributed by atoms with Gasteiger partial charge in [-0.15, -0.1) is 0 Å². The summed E-state index contributed by atoms with van der Waals surface area (Å²) in [7, 11) is 0. The van der Waals surface area contributed by atoms with Crippen molar-refractivity contribution < 1.29 is 9.53 Å². The van der Waals surface area contributed by atoms with Crippen molar-refractivity contribution in [2.45, 2.75) is 133 Å². The van der Waals surface area contributed by atoms with Crippen LogP contribution in [0.4, 0.5) is 0 Å². The summed E-state index contributed by atoms with van der Waals surface area (Å²) >= 11 is 0. The molecule has 5 rings (SSSR count). The molecule has 0 aromatic heterocycles. The van der Waals surface area contributed by atoms with Crippen LogP contribution >= 0.6 is 0 Å². The van der Waals surface area contributed by atoms with E-state index in [-0.39, 0.29) is 17.5 Å². The van der Waals surface area contributed by atoms with Crippen LogP contribution in [0.25, 0.3) is 0 Å². The van der Waals surface area contributed by atoms with Crippen LogP contribution in [0.1, 0.15) is 127 Å². The lowest BCUT2D eigenvalue weighted by molar-refractivity contribution is -0.231. The van der Waals surface area contributed by atoms with Crippen molar-refractivity contribution in [1.29, 1.82) is 0 Å². The third-order valence-electron chi connectivity index (χ3n) is 13.3. The second kappa shape index (κ2) is 7.38. The number of allylic oxidation sites excluding steroid dienone is 1. The predicted octanol–water partition coefficient (Wildman–Crippen LogP) is 8.74. The molecule has 0 amide bonds. The fourth-order valence-electron chi connectivity index (χ4n) is 10.8. The van der Waals surface area contributed by atoms with E-state index in [2.05, 4.69) is 61.5 Å². The quantitative estimate of drug-likeness (QED) is 0.284. The van der Waals surface area contributed by atoms with Gasteiger partial charge in [0.1, 0.15) is 6.10 Å². The predicted molar refractivity (Wildman–Crippen MR) is 140 cm³/mol. The highest BCUT2D eigenvalue weighted by molar-refractivity contribution is 5.66. The van der Waals surface area contributed by atoms with E-state index in [1.165, 1.54) is 57.8 Å². The van der Waals surface area contributed by atoms with Crippen LogP contribution in [0.2, 0.25) is 0 Å². The Morgan fingerprint density at radius 3 is 2.12 bits per heavy atom. The molecular formula is C32H52O2. The van der Waals surface area contributed by atoms with Crippen molar-refractivity contribution in [2.75, 3.05) is 0 Å². The first-order valence-corrected chi connectivity index (χ1v) is 14.5. The maximum Gasteiger partial charge on any atom is 0.302 e. The highest BCUT2D eigenvalue weighted by Gasteiger charge is 2.69. The van der Waals surface area contributed by atoms with Gasteiger partial charge in [-0.05, 0) is 109 Å². The van der Waals surface area contributed by atoms with Gasteiger partial charge in [0.05, 0.1) is 0 Å². The van der Waals surface area contributed by atoms with Crippen molar-refractivity contribution in [2.24, 2.45) is 50.2 Å². The molecule has 0 N–H and O–H groups in total. The van der Waals surface area contributed by atoms with Crippen molar-refractivity contribution in [3.63, 3.8) is 0 Å². The summed E-state index contributed by atoms with van der Waals surface area (Å²) in [5.74, 6) is 2.14. The Bertz CT molecular complexity index is 897. The Morgan fingerprint density at radius 1 is 0.824 bits per heavy atom. The van der Waals surface area contributed by atoms with Crippen LogP contribution in [-0.4, -0.2) is 12.1 Å². The monoisotopic (exact) mass is 468 g/mol. The molecule has 0 unspecified atom stereocenters. The Hall–Kier alpha value is -0.790. The van der Waals surface area contributed by atoms with Crippen LogP contribution in [0, 0.1) is 50.2 Å². The minimum atomic E-state index is -0.126. The van der Waals surface area contributed by atoms with E-state index in [4.69, 9.17) is 4.74 Å². The number of rotatable bonds is 1. The number of carbonyl (C=O) groups excluding carboxylic acids is 1.